The van der Waals surface area contributed by atoms with Crippen molar-refractivity contribution < 1.29 is 13.9 Å². The molecule has 1 rings (SSSR count). The Morgan fingerprint density at radius 1 is 1.42 bits per heavy atom. The number of halogens is 2. The van der Waals surface area contributed by atoms with Gasteiger partial charge in [-0.15, -0.1) is 0 Å². The van der Waals surface area contributed by atoms with E-state index in [1.54, 1.807) is 13.2 Å². The maximum Gasteiger partial charge on any atom is 0.221 e. The number of hydrogen-bond donors (Lipinski definition) is 2. The molecular weight excluding hydrogens is 315 g/mol. The van der Waals surface area contributed by atoms with Crippen molar-refractivity contribution in [2.45, 2.75) is 13.0 Å². The van der Waals surface area contributed by atoms with Crippen molar-refractivity contribution in [1.82, 2.24) is 10.6 Å². The number of carbonyl (C=O) groups is 1. The second-order valence-electron chi connectivity index (χ2n) is 4.01. The maximum atomic E-state index is 12.9. The Hall–Kier alpha value is -0.980. The molecule has 0 saturated carbocycles. The van der Waals surface area contributed by atoms with Crippen LogP contribution in [0.2, 0.25) is 0 Å². The van der Waals surface area contributed by atoms with Crippen LogP contribution >= 0.6 is 15.9 Å². The Morgan fingerprint density at radius 3 is 2.89 bits per heavy atom. The van der Waals surface area contributed by atoms with Gasteiger partial charge in [-0.05, 0) is 17.7 Å². The summed E-state index contributed by atoms with van der Waals surface area (Å²) in [4.78, 5) is 11.4. The molecule has 1 aromatic carbocycles. The minimum Gasteiger partial charge on any atom is -0.383 e. The summed E-state index contributed by atoms with van der Waals surface area (Å²) in [5.74, 6) is -0.282. The SMILES string of the molecule is COCCNC(=O)CCNCc1ccc(F)cc1Br. The first-order valence-electron chi connectivity index (χ1n) is 6.03. The molecule has 6 heteroatoms. The van der Waals surface area contributed by atoms with Crippen molar-refractivity contribution in [3.63, 3.8) is 0 Å². The lowest BCUT2D eigenvalue weighted by atomic mass is 10.2. The van der Waals surface area contributed by atoms with Crippen LogP contribution in [-0.2, 0) is 16.1 Å². The smallest absolute Gasteiger partial charge is 0.221 e. The number of nitrogens with one attached hydrogen (secondary N) is 2. The van der Waals surface area contributed by atoms with Crippen molar-refractivity contribution in [2.75, 3.05) is 26.8 Å². The standard InChI is InChI=1S/C13H18BrFN2O2/c1-19-7-6-17-13(18)4-5-16-9-10-2-3-11(15)8-12(10)14/h2-3,8,16H,4-7,9H2,1H3,(H,17,18). The van der Waals surface area contributed by atoms with E-state index in [0.29, 0.717) is 32.7 Å². The van der Waals surface area contributed by atoms with Gasteiger partial charge in [-0.2, -0.15) is 0 Å². The number of carbonyl (C=O) groups excluding carboxylic acids is 1. The molecule has 0 unspecified atom stereocenters. The van der Waals surface area contributed by atoms with Crippen LogP contribution in [0.15, 0.2) is 22.7 Å². The summed E-state index contributed by atoms with van der Waals surface area (Å²) in [5.41, 5.74) is 0.959. The number of ether oxygens (including phenoxy) is 1. The fourth-order valence-corrected chi connectivity index (χ4v) is 1.96. The van der Waals surface area contributed by atoms with Crippen molar-refractivity contribution in [3.05, 3.63) is 34.1 Å². The molecule has 0 radical (unpaired) electrons. The van der Waals surface area contributed by atoms with Crippen molar-refractivity contribution in [3.8, 4) is 0 Å². The lowest BCUT2D eigenvalue weighted by Crippen LogP contribution is -2.30. The first kappa shape index (κ1) is 16.1. The molecule has 1 aromatic rings. The van der Waals surface area contributed by atoms with Crippen LogP contribution in [0.25, 0.3) is 0 Å². The van der Waals surface area contributed by atoms with Crippen LogP contribution < -0.4 is 10.6 Å². The van der Waals surface area contributed by atoms with Gasteiger partial charge in [0.1, 0.15) is 5.82 Å². The molecule has 0 aliphatic carbocycles. The minimum absolute atomic E-state index is 0.0114. The van der Waals surface area contributed by atoms with Crippen LogP contribution in [0, 0.1) is 5.82 Å². The molecule has 19 heavy (non-hydrogen) atoms. The van der Waals surface area contributed by atoms with Gasteiger partial charge in [0.25, 0.3) is 0 Å². The molecule has 0 bridgehead atoms. The molecule has 0 atom stereocenters. The first-order valence-corrected chi connectivity index (χ1v) is 6.83. The van der Waals surface area contributed by atoms with Crippen molar-refractivity contribution in [2.24, 2.45) is 0 Å². The molecule has 0 spiro atoms. The summed E-state index contributed by atoms with van der Waals surface area (Å²) in [7, 11) is 1.59. The van der Waals surface area contributed by atoms with Gasteiger partial charge in [-0.1, -0.05) is 22.0 Å². The molecule has 0 aliphatic rings. The highest BCUT2D eigenvalue weighted by atomic mass is 79.9. The van der Waals surface area contributed by atoms with E-state index >= 15 is 0 Å². The predicted octanol–water partition coefficient (Wildman–Crippen LogP) is 1.83. The second-order valence-corrected chi connectivity index (χ2v) is 4.86. The Morgan fingerprint density at radius 2 is 2.21 bits per heavy atom. The average molecular weight is 333 g/mol. The monoisotopic (exact) mass is 332 g/mol. The van der Waals surface area contributed by atoms with E-state index < -0.39 is 0 Å². The largest absolute Gasteiger partial charge is 0.383 e. The van der Waals surface area contributed by atoms with Gasteiger partial charge >= 0.3 is 0 Å². The summed E-state index contributed by atoms with van der Waals surface area (Å²) in [5, 5.41) is 5.88. The van der Waals surface area contributed by atoms with Crippen LogP contribution in [0.5, 0.6) is 0 Å². The third kappa shape index (κ3) is 6.66. The van der Waals surface area contributed by atoms with Crippen LogP contribution in [0.1, 0.15) is 12.0 Å². The van der Waals surface area contributed by atoms with E-state index in [9.17, 15) is 9.18 Å². The number of rotatable bonds is 8. The highest BCUT2D eigenvalue weighted by Gasteiger charge is 2.03. The molecule has 0 fully saturated rings. The third-order valence-electron chi connectivity index (χ3n) is 2.49. The summed E-state index contributed by atoms with van der Waals surface area (Å²) < 4.78 is 18.4. The van der Waals surface area contributed by atoms with Gasteiger partial charge in [0.05, 0.1) is 6.61 Å². The van der Waals surface area contributed by atoms with E-state index in [1.165, 1.54) is 12.1 Å². The summed E-state index contributed by atoms with van der Waals surface area (Å²) in [6, 6.07) is 4.55. The predicted molar refractivity (Wildman–Crippen MR) is 75.3 cm³/mol. The van der Waals surface area contributed by atoms with Gasteiger partial charge in [0, 0.05) is 37.6 Å². The maximum absolute atomic E-state index is 12.9. The van der Waals surface area contributed by atoms with Gasteiger partial charge in [-0.3, -0.25) is 4.79 Å². The molecule has 0 aromatic heterocycles. The molecule has 1 amide bonds. The number of amides is 1. The molecule has 0 heterocycles. The Balaban J connectivity index is 2.18. The fourth-order valence-electron chi connectivity index (χ4n) is 1.47. The van der Waals surface area contributed by atoms with Gasteiger partial charge in [0.15, 0.2) is 0 Å². The van der Waals surface area contributed by atoms with Gasteiger partial charge < -0.3 is 15.4 Å². The quantitative estimate of drug-likeness (QED) is 0.714. The molecular formula is C13H18BrFN2O2. The molecule has 0 saturated heterocycles. The summed E-state index contributed by atoms with van der Waals surface area (Å²) >= 11 is 3.30. The van der Waals surface area contributed by atoms with Crippen LogP contribution in [0.4, 0.5) is 4.39 Å². The fraction of sp³-hybridized carbons (Fsp3) is 0.462. The van der Waals surface area contributed by atoms with E-state index in [0.717, 1.165) is 10.0 Å². The van der Waals surface area contributed by atoms with Gasteiger partial charge in [-0.25, -0.2) is 4.39 Å². The zero-order chi connectivity index (χ0) is 14.1. The molecule has 4 nitrogen and oxygen atoms in total. The highest BCUT2D eigenvalue weighted by molar-refractivity contribution is 9.10. The van der Waals surface area contributed by atoms with Gasteiger partial charge in [0.2, 0.25) is 5.91 Å². The topological polar surface area (TPSA) is 50.4 Å². The zero-order valence-electron chi connectivity index (χ0n) is 10.8. The number of methoxy groups -OCH3 is 1. The van der Waals surface area contributed by atoms with E-state index in [1.807, 2.05) is 0 Å². The minimum atomic E-state index is -0.270. The molecule has 106 valence electrons. The Labute approximate surface area is 120 Å². The van der Waals surface area contributed by atoms with Crippen LogP contribution in [-0.4, -0.2) is 32.7 Å². The van der Waals surface area contributed by atoms with E-state index in [2.05, 4.69) is 26.6 Å². The van der Waals surface area contributed by atoms with E-state index in [4.69, 9.17) is 4.74 Å². The molecule has 0 aliphatic heterocycles. The number of benzene rings is 1. The van der Waals surface area contributed by atoms with Crippen LogP contribution in [0.3, 0.4) is 0 Å². The zero-order valence-corrected chi connectivity index (χ0v) is 12.4. The Bertz CT molecular complexity index is 416. The Kier molecular flexibility index (Phi) is 7.62. The second kappa shape index (κ2) is 9.01. The number of hydrogen-bond acceptors (Lipinski definition) is 3. The lowest BCUT2D eigenvalue weighted by molar-refractivity contribution is -0.121. The summed E-state index contributed by atoms with van der Waals surface area (Å²) in [6.45, 7) is 2.20. The van der Waals surface area contributed by atoms with Crippen molar-refractivity contribution >= 4 is 21.8 Å². The lowest BCUT2D eigenvalue weighted by Gasteiger charge is -2.07. The normalized spacial score (nSPS) is 10.5. The molecule has 2 N–H and O–H groups in total. The summed E-state index contributed by atoms with van der Waals surface area (Å²) in [6.07, 6.45) is 0.405. The first-order chi connectivity index (χ1) is 9.13. The average Bonchev–Trinajstić information content (AvgIpc) is 2.37. The highest BCUT2D eigenvalue weighted by Crippen LogP contribution is 2.17. The van der Waals surface area contributed by atoms with E-state index in [-0.39, 0.29) is 11.7 Å². The third-order valence-corrected chi connectivity index (χ3v) is 3.23. The van der Waals surface area contributed by atoms with Crippen molar-refractivity contribution in [1.29, 1.82) is 0 Å².